The van der Waals surface area contributed by atoms with Gasteiger partial charge in [-0.15, -0.1) is 0 Å². The monoisotopic (exact) mass is 247 g/mol. The minimum Gasteiger partial charge on any atom is -0.393 e. The van der Waals surface area contributed by atoms with Crippen LogP contribution >= 0.6 is 0 Å². The molecule has 2 heteroatoms. The van der Waals surface area contributed by atoms with Gasteiger partial charge in [0.2, 0.25) is 0 Å². The number of hydrogen-bond acceptors (Lipinski definition) is 2. The van der Waals surface area contributed by atoms with Crippen LogP contribution in [-0.4, -0.2) is 17.8 Å². The summed E-state index contributed by atoms with van der Waals surface area (Å²) in [4.78, 5) is 0. The minimum atomic E-state index is -0.103. The second kappa shape index (κ2) is 7.55. The maximum atomic E-state index is 10.1. The molecule has 0 radical (unpaired) electrons. The zero-order valence-corrected chi connectivity index (χ0v) is 11.1. The van der Waals surface area contributed by atoms with Crippen LogP contribution in [0, 0.1) is 5.92 Å². The lowest BCUT2D eigenvalue weighted by Gasteiger charge is -2.25. The van der Waals surface area contributed by atoms with E-state index >= 15 is 0 Å². The molecule has 1 aromatic rings. The fourth-order valence-electron chi connectivity index (χ4n) is 2.78. The maximum absolute atomic E-state index is 10.1. The van der Waals surface area contributed by atoms with Crippen molar-refractivity contribution in [2.75, 3.05) is 6.54 Å². The molecule has 1 aliphatic rings. The summed E-state index contributed by atoms with van der Waals surface area (Å²) in [6, 6.07) is 10.5. The Labute approximate surface area is 110 Å². The topological polar surface area (TPSA) is 32.3 Å². The molecular formula is C16H25NO. The highest BCUT2D eigenvalue weighted by Gasteiger charge is 2.19. The van der Waals surface area contributed by atoms with Gasteiger partial charge in [0.05, 0.1) is 6.10 Å². The van der Waals surface area contributed by atoms with Crippen LogP contribution in [0.1, 0.15) is 44.1 Å². The molecule has 0 spiro atoms. The molecule has 100 valence electrons. The average molecular weight is 247 g/mol. The van der Waals surface area contributed by atoms with Gasteiger partial charge in [0.1, 0.15) is 0 Å². The van der Waals surface area contributed by atoms with E-state index in [1.54, 1.807) is 0 Å². The van der Waals surface area contributed by atoms with Crippen LogP contribution in [0.15, 0.2) is 30.3 Å². The van der Waals surface area contributed by atoms with E-state index in [2.05, 4.69) is 29.6 Å². The van der Waals surface area contributed by atoms with Gasteiger partial charge < -0.3 is 10.4 Å². The van der Waals surface area contributed by atoms with E-state index in [0.717, 1.165) is 19.5 Å². The molecule has 0 heterocycles. The maximum Gasteiger partial charge on any atom is 0.0580 e. The average Bonchev–Trinajstić information content (AvgIpc) is 2.39. The van der Waals surface area contributed by atoms with Gasteiger partial charge in [-0.3, -0.25) is 0 Å². The zero-order chi connectivity index (χ0) is 12.6. The van der Waals surface area contributed by atoms with Crippen LogP contribution in [0.2, 0.25) is 0 Å². The lowest BCUT2D eigenvalue weighted by atomic mass is 9.88. The Hall–Kier alpha value is -0.860. The highest BCUT2D eigenvalue weighted by atomic mass is 16.3. The summed E-state index contributed by atoms with van der Waals surface area (Å²) >= 11 is 0. The normalized spacial score (nSPS) is 25.4. The molecule has 0 bridgehead atoms. The quantitative estimate of drug-likeness (QED) is 0.857. The van der Waals surface area contributed by atoms with Crippen molar-refractivity contribution >= 4 is 0 Å². The molecule has 1 aromatic carbocycles. The Morgan fingerprint density at radius 2 is 1.72 bits per heavy atom. The Morgan fingerprint density at radius 1 is 1.00 bits per heavy atom. The summed E-state index contributed by atoms with van der Waals surface area (Å²) in [5.41, 5.74) is 1.32. The zero-order valence-electron chi connectivity index (χ0n) is 11.1. The van der Waals surface area contributed by atoms with Crippen LogP contribution in [0.3, 0.4) is 0 Å². The van der Waals surface area contributed by atoms with E-state index in [1.807, 2.05) is 6.07 Å². The van der Waals surface area contributed by atoms with E-state index in [0.29, 0.717) is 5.92 Å². The van der Waals surface area contributed by atoms with Crippen molar-refractivity contribution in [3.63, 3.8) is 0 Å². The van der Waals surface area contributed by atoms with Crippen LogP contribution in [0.4, 0.5) is 0 Å². The molecule has 0 saturated heterocycles. The summed E-state index contributed by atoms with van der Waals surface area (Å²) in [7, 11) is 0. The first-order valence-electron chi connectivity index (χ1n) is 7.29. The van der Waals surface area contributed by atoms with Crippen molar-refractivity contribution in [3.05, 3.63) is 35.9 Å². The van der Waals surface area contributed by atoms with Gasteiger partial charge >= 0.3 is 0 Å². The summed E-state index contributed by atoms with van der Waals surface area (Å²) in [6.45, 7) is 1.85. The van der Waals surface area contributed by atoms with Crippen LogP contribution < -0.4 is 5.32 Å². The minimum absolute atomic E-state index is 0.103. The highest BCUT2D eigenvalue weighted by molar-refractivity contribution is 5.14. The number of aliphatic hydroxyl groups is 1. The fourth-order valence-corrected chi connectivity index (χ4v) is 2.78. The number of hydrogen-bond donors (Lipinski definition) is 2. The summed E-state index contributed by atoms with van der Waals surface area (Å²) < 4.78 is 0. The van der Waals surface area contributed by atoms with Crippen LogP contribution in [0.5, 0.6) is 0 Å². The van der Waals surface area contributed by atoms with Crippen molar-refractivity contribution in [3.8, 4) is 0 Å². The van der Waals surface area contributed by atoms with Gasteiger partial charge in [-0.1, -0.05) is 56.0 Å². The molecule has 2 rings (SSSR count). The molecule has 0 amide bonds. The first-order valence-corrected chi connectivity index (χ1v) is 7.29. The number of rotatable bonds is 4. The lowest BCUT2D eigenvalue weighted by molar-refractivity contribution is 0.0829. The predicted octanol–water partition coefficient (Wildman–Crippen LogP) is 3.11. The molecular weight excluding hydrogens is 222 g/mol. The van der Waals surface area contributed by atoms with Gasteiger partial charge in [0.15, 0.2) is 0 Å². The lowest BCUT2D eigenvalue weighted by Crippen LogP contribution is -2.32. The largest absolute Gasteiger partial charge is 0.393 e. The summed E-state index contributed by atoms with van der Waals surface area (Å²) in [5, 5.41) is 13.6. The van der Waals surface area contributed by atoms with Crippen molar-refractivity contribution in [1.82, 2.24) is 5.32 Å². The standard InChI is InChI=1S/C16H25NO/c18-16-11-7-2-1-6-10-15(16)13-17-12-14-8-4-3-5-9-14/h3-5,8-9,15-18H,1-2,6-7,10-13H2. The third-order valence-corrected chi connectivity index (χ3v) is 3.95. The van der Waals surface area contributed by atoms with Crippen molar-refractivity contribution < 1.29 is 5.11 Å². The fraction of sp³-hybridized carbons (Fsp3) is 0.625. The molecule has 1 saturated carbocycles. The third-order valence-electron chi connectivity index (χ3n) is 3.95. The van der Waals surface area contributed by atoms with Gasteiger partial charge in [0.25, 0.3) is 0 Å². The van der Waals surface area contributed by atoms with E-state index in [4.69, 9.17) is 0 Å². The molecule has 0 aliphatic heterocycles. The molecule has 18 heavy (non-hydrogen) atoms. The number of nitrogens with one attached hydrogen (secondary N) is 1. The molecule has 2 unspecified atom stereocenters. The molecule has 1 fully saturated rings. The molecule has 2 atom stereocenters. The Bertz CT molecular complexity index is 325. The first-order chi connectivity index (χ1) is 8.86. The third kappa shape index (κ3) is 4.43. The Balaban J connectivity index is 1.74. The second-order valence-corrected chi connectivity index (χ2v) is 5.44. The highest BCUT2D eigenvalue weighted by Crippen LogP contribution is 2.22. The van der Waals surface area contributed by atoms with Crippen molar-refractivity contribution in [2.45, 2.75) is 51.2 Å². The Morgan fingerprint density at radius 3 is 2.50 bits per heavy atom. The number of benzene rings is 1. The van der Waals surface area contributed by atoms with Gasteiger partial charge in [-0.2, -0.15) is 0 Å². The molecule has 2 nitrogen and oxygen atoms in total. The Kier molecular flexibility index (Phi) is 5.69. The number of aliphatic hydroxyl groups excluding tert-OH is 1. The van der Waals surface area contributed by atoms with Gasteiger partial charge in [0, 0.05) is 13.1 Å². The summed E-state index contributed by atoms with van der Waals surface area (Å²) in [5.74, 6) is 0.439. The molecule has 2 N–H and O–H groups in total. The van der Waals surface area contributed by atoms with Crippen LogP contribution in [0.25, 0.3) is 0 Å². The van der Waals surface area contributed by atoms with E-state index in [9.17, 15) is 5.11 Å². The van der Waals surface area contributed by atoms with Crippen molar-refractivity contribution in [2.24, 2.45) is 5.92 Å². The van der Waals surface area contributed by atoms with E-state index < -0.39 is 0 Å². The van der Waals surface area contributed by atoms with Gasteiger partial charge in [-0.25, -0.2) is 0 Å². The van der Waals surface area contributed by atoms with Gasteiger partial charge in [-0.05, 0) is 24.3 Å². The molecule has 1 aliphatic carbocycles. The summed E-state index contributed by atoms with van der Waals surface area (Å²) in [6.07, 6.45) is 7.14. The van der Waals surface area contributed by atoms with E-state index in [1.165, 1.54) is 37.7 Å². The first kappa shape index (κ1) is 13.6. The van der Waals surface area contributed by atoms with Crippen LogP contribution in [-0.2, 0) is 6.54 Å². The smallest absolute Gasteiger partial charge is 0.0580 e. The second-order valence-electron chi connectivity index (χ2n) is 5.44. The molecule has 0 aromatic heterocycles. The SMILES string of the molecule is OC1CCCCCCC1CNCc1ccccc1. The van der Waals surface area contributed by atoms with E-state index in [-0.39, 0.29) is 6.10 Å². The predicted molar refractivity (Wildman–Crippen MR) is 75.3 cm³/mol. The van der Waals surface area contributed by atoms with Crippen molar-refractivity contribution in [1.29, 1.82) is 0 Å².